The summed E-state index contributed by atoms with van der Waals surface area (Å²) in [6.45, 7) is 3.50. The fourth-order valence-electron chi connectivity index (χ4n) is 3.79. The van der Waals surface area contributed by atoms with Crippen molar-refractivity contribution in [3.63, 3.8) is 0 Å². The van der Waals surface area contributed by atoms with Gasteiger partial charge in [-0.15, -0.1) is 0 Å². The lowest BCUT2D eigenvalue weighted by Gasteiger charge is -2.38. The summed E-state index contributed by atoms with van der Waals surface area (Å²) < 4.78 is 15.1. The van der Waals surface area contributed by atoms with Gasteiger partial charge in [0, 0.05) is 30.8 Å². The number of aromatic nitrogens is 2. The van der Waals surface area contributed by atoms with Gasteiger partial charge in [-0.2, -0.15) is 0 Å². The van der Waals surface area contributed by atoms with Gasteiger partial charge in [-0.25, -0.2) is 9.37 Å². The first-order valence-corrected chi connectivity index (χ1v) is 10.1. The number of anilines is 2. The summed E-state index contributed by atoms with van der Waals surface area (Å²) in [6.07, 6.45) is 1.13. The van der Waals surface area contributed by atoms with Crippen LogP contribution in [0.25, 0.3) is 0 Å². The Morgan fingerprint density at radius 1 is 1.07 bits per heavy atom. The van der Waals surface area contributed by atoms with E-state index in [4.69, 9.17) is 4.98 Å². The number of fused-ring (bicyclic) bond motifs is 1. The number of halogens is 1. The van der Waals surface area contributed by atoms with Crippen molar-refractivity contribution >= 4 is 11.6 Å². The SMILES string of the molecule is Cc1nc2n(c(=O)c1Cc1ccccc1)CN(CCCO)CN2c1ccc(F)cc1. The number of nitrogens with zero attached hydrogens (tertiary/aromatic N) is 4. The molecule has 0 saturated heterocycles. The van der Waals surface area contributed by atoms with Gasteiger partial charge >= 0.3 is 0 Å². The third-order valence-electron chi connectivity index (χ3n) is 5.37. The summed E-state index contributed by atoms with van der Waals surface area (Å²) in [5.74, 6) is 0.244. The van der Waals surface area contributed by atoms with Crippen LogP contribution in [-0.2, 0) is 13.1 Å². The maximum Gasteiger partial charge on any atom is 0.259 e. The monoisotopic (exact) mass is 408 g/mol. The quantitative estimate of drug-likeness (QED) is 0.679. The molecule has 1 N–H and O–H groups in total. The molecule has 2 aromatic carbocycles. The predicted octanol–water partition coefficient (Wildman–Crippen LogP) is 3.03. The van der Waals surface area contributed by atoms with Crippen molar-refractivity contribution in [1.29, 1.82) is 0 Å². The van der Waals surface area contributed by atoms with Gasteiger partial charge in [-0.05, 0) is 43.2 Å². The second kappa shape index (κ2) is 8.77. The minimum Gasteiger partial charge on any atom is -0.396 e. The number of hydrogen-bond acceptors (Lipinski definition) is 5. The van der Waals surface area contributed by atoms with E-state index < -0.39 is 0 Å². The predicted molar refractivity (Wildman–Crippen MR) is 114 cm³/mol. The van der Waals surface area contributed by atoms with Crippen LogP contribution in [-0.4, -0.2) is 39.4 Å². The van der Waals surface area contributed by atoms with Gasteiger partial charge < -0.3 is 5.11 Å². The van der Waals surface area contributed by atoms with E-state index in [0.717, 1.165) is 11.3 Å². The highest BCUT2D eigenvalue weighted by Gasteiger charge is 2.27. The third-order valence-corrected chi connectivity index (χ3v) is 5.37. The van der Waals surface area contributed by atoms with E-state index in [9.17, 15) is 14.3 Å². The topological polar surface area (TPSA) is 61.6 Å². The van der Waals surface area contributed by atoms with Crippen molar-refractivity contribution in [2.75, 3.05) is 24.7 Å². The second-order valence-corrected chi connectivity index (χ2v) is 7.53. The highest BCUT2D eigenvalue weighted by molar-refractivity contribution is 5.58. The highest BCUT2D eigenvalue weighted by Crippen LogP contribution is 2.28. The molecule has 0 atom stereocenters. The van der Waals surface area contributed by atoms with E-state index in [-0.39, 0.29) is 18.0 Å². The average molecular weight is 408 g/mol. The molecule has 1 aliphatic rings. The maximum absolute atomic E-state index is 13.5. The third kappa shape index (κ3) is 4.13. The molecular formula is C23H25FN4O2. The van der Waals surface area contributed by atoms with Gasteiger partial charge in [0.05, 0.1) is 19.0 Å². The summed E-state index contributed by atoms with van der Waals surface area (Å²) >= 11 is 0. The van der Waals surface area contributed by atoms with E-state index in [1.54, 1.807) is 16.7 Å². The molecule has 2 heterocycles. The molecular weight excluding hydrogens is 383 g/mol. The first-order valence-electron chi connectivity index (χ1n) is 10.1. The fraction of sp³-hybridized carbons (Fsp3) is 0.304. The number of aryl methyl sites for hydroxylation is 1. The van der Waals surface area contributed by atoms with E-state index in [1.165, 1.54) is 12.1 Å². The summed E-state index contributed by atoms with van der Waals surface area (Å²) in [5, 5.41) is 9.24. The Bertz CT molecular complexity index is 1070. The Labute approximate surface area is 174 Å². The molecule has 0 radical (unpaired) electrons. The average Bonchev–Trinajstić information content (AvgIpc) is 2.76. The number of aliphatic hydroxyl groups excluding tert-OH is 1. The van der Waals surface area contributed by atoms with Crippen molar-refractivity contribution in [1.82, 2.24) is 14.5 Å². The van der Waals surface area contributed by atoms with Gasteiger partial charge in [0.15, 0.2) is 0 Å². The summed E-state index contributed by atoms with van der Waals surface area (Å²) in [6, 6.07) is 16.1. The molecule has 156 valence electrons. The van der Waals surface area contributed by atoms with E-state index in [0.29, 0.717) is 49.9 Å². The van der Waals surface area contributed by atoms with Crippen LogP contribution in [0, 0.1) is 12.7 Å². The number of rotatable bonds is 6. The molecule has 3 aromatic rings. The van der Waals surface area contributed by atoms with Crippen molar-refractivity contribution < 1.29 is 9.50 Å². The van der Waals surface area contributed by atoms with E-state index in [1.807, 2.05) is 42.2 Å². The van der Waals surface area contributed by atoms with Crippen LogP contribution in [0.2, 0.25) is 0 Å². The van der Waals surface area contributed by atoms with Gasteiger partial charge in [0.1, 0.15) is 5.82 Å². The van der Waals surface area contributed by atoms with E-state index in [2.05, 4.69) is 4.90 Å². The van der Waals surface area contributed by atoms with Crippen molar-refractivity contribution in [3.8, 4) is 0 Å². The Kier molecular flexibility index (Phi) is 5.92. The van der Waals surface area contributed by atoms with Gasteiger partial charge in [-0.3, -0.25) is 19.2 Å². The van der Waals surface area contributed by atoms with Crippen molar-refractivity contribution in [3.05, 3.63) is 87.6 Å². The zero-order chi connectivity index (χ0) is 21.1. The highest BCUT2D eigenvalue weighted by atomic mass is 19.1. The molecule has 4 rings (SSSR count). The van der Waals surface area contributed by atoms with Crippen LogP contribution in [0.1, 0.15) is 23.2 Å². The molecule has 1 aliphatic heterocycles. The summed E-state index contributed by atoms with van der Waals surface area (Å²) in [7, 11) is 0. The second-order valence-electron chi connectivity index (χ2n) is 7.53. The molecule has 1 aromatic heterocycles. The molecule has 0 amide bonds. The van der Waals surface area contributed by atoms with Gasteiger partial charge in [-0.1, -0.05) is 30.3 Å². The zero-order valence-electron chi connectivity index (χ0n) is 17.0. The Balaban J connectivity index is 1.77. The molecule has 0 bridgehead atoms. The normalized spacial score (nSPS) is 14.0. The minimum atomic E-state index is -0.312. The fourth-order valence-corrected chi connectivity index (χ4v) is 3.79. The van der Waals surface area contributed by atoms with E-state index >= 15 is 0 Å². The maximum atomic E-state index is 13.5. The first kappa shape index (κ1) is 20.3. The standard InChI is InChI=1S/C23H25FN4O2/c1-17-21(14-18-6-3-2-4-7-18)22(30)28-16-26(12-5-13-29)15-27(23(28)25-17)20-10-8-19(24)9-11-20/h2-4,6-11,29H,5,12-16H2,1H3. The largest absolute Gasteiger partial charge is 0.396 e. The number of benzene rings is 2. The summed E-state index contributed by atoms with van der Waals surface area (Å²) in [5.41, 5.74) is 3.13. The molecule has 0 aliphatic carbocycles. The lowest BCUT2D eigenvalue weighted by Crippen LogP contribution is -2.48. The Morgan fingerprint density at radius 3 is 2.50 bits per heavy atom. The molecule has 0 spiro atoms. The van der Waals surface area contributed by atoms with Crippen LogP contribution >= 0.6 is 0 Å². The minimum absolute atomic E-state index is 0.0674. The smallest absolute Gasteiger partial charge is 0.259 e. The van der Waals surface area contributed by atoms with Crippen LogP contribution in [0.5, 0.6) is 0 Å². The van der Waals surface area contributed by atoms with Crippen molar-refractivity contribution in [2.24, 2.45) is 0 Å². The van der Waals surface area contributed by atoms with Crippen LogP contribution in [0.4, 0.5) is 16.0 Å². The van der Waals surface area contributed by atoms with Crippen LogP contribution in [0.3, 0.4) is 0 Å². The Hall–Kier alpha value is -3.03. The molecule has 0 unspecified atom stereocenters. The molecule has 7 heteroatoms. The number of aliphatic hydroxyl groups is 1. The summed E-state index contributed by atoms with van der Waals surface area (Å²) in [4.78, 5) is 22.2. The lowest BCUT2D eigenvalue weighted by molar-refractivity contribution is 0.175. The molecule has 0 fully saturated rings. The van der Waals surface area contributed by atoms with Crippen molar-refractivity contribution in [2.45, 2.75) is 26.4 Å². The van der Waals surface area contributed by atoms with Crippen LogP contribution < -0.4 is 10.5 Å². The molecule has 30 heavy (non-hydrogen) atoms. The molecule has 0 saturated carbocycles. The van der Waals surface area contributed by atoms with Crippen LogP contribution in [0.15, 0.2) is 59.4 Å². The Morgan fingerprint density at radius 2 is 1.80 bits per heavy atom. The van der Waals surface area contributed by atoms with Gasteiger partial charge in [0.2, 0.25) is 5.95 Å². The zero-order valence-corrected chi connectivity index (χ0v) is 17.0. The first-order chi connectivity index (χ1) is 14.6. The number of hydrogen-bond donors (Lipinski definition) is 1. The lowest BCUT2D eigenvalue weighted by atomic mass is 10.1. The molecule has 6 nitrogen and oxygen atoms in total. The van der Waals surface area contributed by atoms with Gasteiger partial charge in [0.25, 0.3) is 5.56 Å².